The Morgan fingerprint density at radius 1 is 1.53 bits per heavy atom. The van der Waals surface area contributed by atoms with Crippen LogP contribution in [0.25, 0.3) is 0 Å². The number of carbonyl (C=O) groups is 1. The van der Waals surface area contributed by atoms with Gasteiger partial charge >= 0.3 is 0 Å². The van der Waals surface area contributed by atoms with Crippen LogP contribution < -0.4 is 5.73 Å². The third-order valence-electron chi connectivity index (χ3n) is 3.81. The number of aryl methyl sites for hydroxylation is 1. The number of likely N-dealkylation sites (tertiary alicyclic amines) is 1. The summed E-state index contributed by atoms with van der Waals surface area (Å²) in [6.45, 7) is 4.36. The maximum absolute atomic E-state index is 12.7. The van der Waals surface area contributed by atoms with Crippen LogP contribution in [0.3, 0.4) is 0 Å². The molecule has 0 unspecified atom stereocenters. The molecule has 1 atom stereocenters. The molecule has 106 valence electrons. The molecule has 0 bridgehead atoms. The van der Waals surface area contributed by atoms with Crippen LogP contribution in [0.4, 0.5) is 0 Å². The predicted octanol–water partition coefficient (Wildman–Crippen LogP) is 2.61. The van der Waals surface area contributed by atoms with E-state index in [2.05, 4.69) is 22.9 Å². The lowest BCUT2D eigenvalue weighted by molar-refractivity contribution is 0.0594. The lowest BCUT2D eigenvalue weighted by atomic mass is 9.99. The zero-order valence-electron chi connectivity index (χ0n) is 11.4. The summed E-state index contributed by atoms with van der Waals surface area (Å²) in [7, 11) is 0. The molecule has 0 radical (unpaired) electrons. The summed E-state index contributed by atoms with van der Waals surface area (Å²) in [6.07, 6.45) is 6.25. The highest BCUT2D eigenvalue weighted by atomic mass is 79.9. The first-order chi connectivity index (χ1) is 9.17. The van der Waals surface area contributed by atoms with Gasteiger partial charge in [0.1, 0.15) is 5.69 Å². The Morgan fingerprint density at radius 3 is 3.00 bits per heavy atom. The molecule has 0 aromatic carbocycles. The first-order valence-electron chi connectivity index (χ1n) is 7.04. The van der Waals surface area contributed by atoms with Crippen molar-refractivity contribution >= 4 is 21.8 Å². The molecule has 0 aliphatic carbocycles. The Bertz CT molecular complexity index is 442. The molecule has 19 heavy (non-hydrogen) atoms. The van der Waals surface area contributed by atoms with Crippen LogP contribution in [0.2, 0.25) is 0 Å². The van der Waals surface area contributed by atoms with Crippen LogP contribution in [0.15, 0.2) is 16.7 Å². The van der Waals surface area contributed by atoms with Gasteiger partial charge in [-0.2, -0.15) is 0 Å². The summed E-state index contributed by atoms with van der Waals surface area (Å²) < 4.78 is 2.96. The number of hydrogen-bond donors (Lipinski definition) is 1. The second-order valence-electron chi connectivity index (χ2n) is 5.06. The van der Waals surface area contributed by atoms with E-state index in [0.29, 0.717) is 12.6 Å². The minimum atomic E-state index is 0.144. The van der Waals surface area contributed by atoms with Crippen molar-refractivity contribution in [1.29, 1.82) is 0 Å². The minimum absolute atomic E-state index is 0.144. The maximum Gasteiger partial charge on any atom is 0.270 e. The molecule has 2 rings (SSSR count). The number of nitrogens with zero attached hydrogens (tertiary/aromatic N) is 2. The van der Waals surface area contributed by atoms with Crippen molar-refractivity contribution in [3.05, 3.63) is 22.4 Å². The lowest BCUT2D eigenvalue weighted by Crippen LogP contribution is -2.45. The first-order valence-corrected chi connectivity index (χ1v) is 7.83. The third-order valence-corrected chi connectivity index (χ3v) is 4.24. The fourth-order valence-corrected chi connectivity index (χ4v) is 3.29. The molecule has 2 heterocycles. The van der Waals surface area contributed by atoms with E-state index in [9.17, 15) is 4.79 Å². The van der Waals surface area contributed by atoms with Gasteiger partial charge in [0.05, 0.1) is 0 Å². The third kappa shape index (κ3) is 3.20. The molecule has 1 aliphatic heterocycles. The average Bonchev–Trinajstić information content (AvgIpc) is 2.80. The van der Waals surface area contributed by atoms with Crippen LogP contribution in [0.1, 0.15) is 43.1 Å². The first kappa shape index (κ1) is 14.6. The van der Waals surface area contributed by atoms with Gasteiger partial charge in [-0.15, -0.1) is 0 Å². The van der Waals surface area contributed by atoms with Gasteiger partial charge in [0.25, 0.3) is 5.91 Å². The second kappa shape index (κ2) is 6.57. The number of piperidine rings is 1. The molecule has 0 spiro atoms. The minimum Gasteiger partial charge on any atom is -0.343 e. The molecule has 1 saturated heterocycles. The molecule has 1 aromatic rings. The monoisotopic (exact) mass is 327 g/mol. The summed E-state index contributed by atoms with van der Waals surface area (Å²) in [4.78, 5) is 14.7. The van der Waals surface area contributed by atoms with Gasteiger partial charge in [0, 0.05) is 29.8 Å². The van der Waals surface area contributed by atoms with E-state index in [1.807, 2.05) is 21.7 Å². The van der Waals surface area contributed by atoms with Gasteiger partial charge in [0.15, 0.2) is 0 Å². The Hall–Kier alpha value is -0.810. The van der Waals surface area contributed by atoms with E-state index < -0.39 is 0 Å². The van der Waals surface area contributed by atoms with Crippen LogP contribution in [-0.2, 0) is 6.54 Å². The van der Waals surface area contributed by atoms with Crippen molar-refractivity contribution in [3.63, 3.8) is 0 Å². The quantitative estimate of drug-likeness (QED) is 0.924. The van der Waals surface area contributed by atoms with Crippen molar-refractivity contribution in [2.75, 3.05) is 13.1 Å². The Labute approximate surface area is 123 Å². The molecule has 1 aliphatic rings. The van der Waals surface area contributed by atoms with Crippen molar-refractivity contribution in [2.24, 2.45) is 5.73 Å². The molecule has 1 aromatic heterocycles. The van der Waals surface area contributed by atoms with Crippen molar-refractivity contribution < 1.29 is 4.79 Å². The topological polar surface area (TPSA) is 51.3 Å². The van der Waals surface area contributed by atoms with E-state index in [-0.39, 0.29) is 5.91 Å². The van der Waals surface area contributed by atoms with E-state index in [1.54, 1.807) is 0 Å². The summed E-state index contributed by atoms with van der Waals surface area (Å²) >= 11 is 3.45. The molecule has 0 saturated carbocycles. The van der Waals surface area contributed by atoms with Crippen LogP contribution in [0.5, 0.6) is 0 Å². The van der Waals surface area contributed by atoms with E-state index in [4.69, 9.17) is 5.73 Å². The van der Waals surface area contributed by atoms with Gasteiger partial charge in [0.2, 0.25) is 0 Å². The van der Waals surface area contributed by atoms with Gasteiger partial charge in [-0.25, -0.2) is 0 Å². The van der Waals surface area contributed by atoms with E-state index in [0.717, 1.165) is 42.5 Å². The van der Waals surface area contributed by atoms with Gasteiger partial charge in [-0.3, -0.25) is 4.79 Å². The fourth-order valence-electron chi connectivity index (χ4n) is 2.82. The number of halogens is 1. The normalized spacial score (nSPS) is 19.7. The summed E-state index contributed by atoms with van der Waals surface area (Å²) in [5.41, 5.74) is 6.45. The maximum atomic E-state index is 12.7. The van der Waals surface area contributed by atoms with Crippen LogP contribution in [-0.4, -0.2) is 34.5 Å². The molecule has 1 amide bonds. The number of nitrogens with two attached hydrogens (primary N) is 1. The standard InChI is InChI=1S/C14H22BrN3O/c1-2-17-10-11(15)9-13(17)14(19)18-8-4-3-5-12(18)6-7-16/h9-10,12H,2-8,16H2,1H3/t12-/m1/s1. The SMILES string of the molecule is CCn1cc(Br)cc1C(=O)N1CCCC[C@@H]1CCN. The summed E-state index contributed by atoms with van der Waals surface area (Å²) in [6, 6.07) is 2.23. The number of hydrogen-bond acceptors (Lipinski definition) is 2. The molecule has 2 N–H and O–H groups in total. The summed E-state index contributed by atoms with van der Waals surface area (Å²) in [5.74, 6) is 0.144. The van der Waals surface area contributed by atoms with Crippen molar-refractivity contribution in [2.45, 2.75) is 45.2 Å². The Kier molecular flexibility index (Phi) is 5.05. The second-order valence-corrected chi connectivity index (χ2v) is 5.97. The molecule has 1 fully saturated rings. The van der Waals surface area contributed by atoms with Gasteiger partial charge in [-0.1, -0.05) is 0 Å². The molecule has 4 nitrogen and oxygen atoms in total. The highest BCUT2D eigenvalue weighted by Crippen LogP contribution is 2.23. The average molecular weight is 328 g/mol. The fraction of sp³-hybridized carbons (Fsp3) is 0.643. The van der Waals surface area contributed by atoms with Crippen LogP contribution in [0, 0.1) is 0 Å². The Balaban J connectivity index is 2.20. The number of carbonyl (C=O) groups excluding carboxylic acids is 1. The summed E-state index contributed by atoms with van der Waals surface area (Å²) in [5, 5.41) is 0. The van der Waals surface area contributed by atoms with E-state index >= 15 is 0 Å². The van der Waals surface area contributed by atoms with Crippen LogP contribution >= 0.6 is 15.9 Å². The lowest BCUT2D eigenvalue weighted by Gasteiger charge is -2.35. The largest absolute Gasteiger partial charge is 0.343 e. The van der Waals surface area contributed by atoms with Crippen molar-refractivity contribution in [3.8, 4) is 0 Å². The van der Waals surface area contributed by atoms with Crippen molar-refractivity contribution in [1.82, 2.24) is 9.47 Å². The van der Waals surface area contributed by atoms with Gasteiger partial charge in [-0.05, 0) is 61.1 Å². The smallest absolute Gasteiger partial charge is 0.270 e. The zero-order valence-corrected chi connectivity index (χ0v) is 13.0. The van der Waals surface area contributed by atoms with Gasteiger partial charge < -0.3 is 15.2 Å². The predicted molar refractivity (Wildman–Crippen MR) is 80.2 cm³/mol. The molecular formula is C14H22BrN3O. The molecule has 5 heteroatoms. The number of amides is 1. The highest BCUT2D eigenvalue weighted by molar-refractivity contribution is 9.10. The Morgan fingerprint density at radius 2 is 2.32 bits per heavy atom. The number of rotatable bonds is 4. The zero-order chi connectivity index (χ0) is 13.8. The van der Waals surface area contributed by atoms with E-state index in [1.165, 1.54) is 6.42 Å². The highest BCUT2D eigenvalue weighted by Gasteiger charge is 2.28. The molecular weight excluding hydrogens is 306 g/mol. The number of aromatic nitrogens is 1.